The van der Waals surface area contributed by atoms with Gasteiger partial charge in [0.2, 0.25) is 5.91 Å². The molecule has 1 aromatic rings. The number of benzene rings is 1. The molecule has 0 heterocycles. The Bertz CT molecular complexity index is 405. The van der Waals surface area contributed by atoms with Crippen molar-refractivity contribution in [2.24, 2.45) is 0 Å². The number of hydrogen-bond donors (Lipinski definition) is 1. The third kappa shape index (κ3) is 4.37. The Kier molecular flexibility index (Phi) is 5.15. The molecule has 0 bridgehead atoms. The van der Waals surface area contributed by atoms with Crippen LogP contribution in [0.4, 0.5) is 13.2 Å². The lowest BCUT2D eigenvalue weighted by Crippen LogP contribution is -2.29. The molecule has 0 radical (unpaired) electrons. The van der Waals surface area contributed by atoms with Crippen molar-refractivity contribution in [2.75, 3.05) is 20.3 Å². The van der Waals surface area contributed by atoms with E-state index in [-0.39, 0.29) is 18.5 Å². The third-order valence-electron chi connectivity index (χ3n) is 2.30. The summed E-state index contributed by atoms with van der Waals surface area (Å²) in [4.78, 5) is 11.4. The first-order chi connectivity index (χ1) is 8.45. The molecule has 100 valence electrons. The number of nitrogens with one attached hydrogen (secondary N) is 1. The number of hydrogen-bond acceptors (Lipinski definition) is 2. The first kappa shape index (κ1) is 14.5. The van der Waals surface area contributed by atoms with Crippen molar-refractivity contribution >= 4 is 5.91 Å². The second kappa shape index (κ2) is 6.39. The molecule has 0 spiro atoms. The van der Waals surface area contributed by atoms with Gasteiger partial charge in [0.1, 0.15) is 0 Å². The smallest absolute Gasteiger partial charge is 0.383 e. The molecule has 0 aliphatic carbocycles. The average Bonchev–Trinajstić information content (AvgIpc) is 2.28. The van der Waals surface area contributed by atoms with Crippen molar-refractivity contribution in [3.05, 3.63) is 35.4 Å². The van der Waals surface area contributed by atoms with Gasteiger partial charge in [0.25, 0.3) is 0 Å². The van der Waals surface area contributed by atoms with Crippen LogP contribution in [-0.4, -0.2) is 26.2 Å². The van der Waals surface area contributed by atoms with Crippen LogP contribution in [-0.2, 0) is 22.1 Å². The SMILES string of the molecule is COCCNC(=O)Cc1ccccc1C(F)(F)F. The molecule has 18 heavy (non-hydrogen) atoms. The molecule has 0 aromatic heterocycles. The summed E-state index contributed by atoms with van der Waals surface area (Å²) in [6.07, 6.45) is -4.73. The van der Waals surface area contributed by atoms with E-state index in [1.807, 2.05) is 0 Å². The quantitative estimate of drug-likeness (QED) is 0.823. The third-order valence-corrected chi connectivity index (χ3v) is 2.30. The first-order valence-corrected chi connectivity index (χ1v) is 5.36. The predicted octanol–water partition coefficient (Wildman–Crippen LogP) is 2.01. The molecule has 3 nitrogen and oxygen atoms in total. The van der Waals surface area contributed by atoms with E-state index in [4.69, 9.17) is 4.74 Å². The maximum atomic E-state index is 12.7. The molecule has 1 amide bonds. The summed E-state index contributed by atoms with van der Waals surface area (Å²) in [5.74, 6) is -0.455. The number of amides is 1. The molecular weight excluding hydrogens is 247 g/mol. The number of methoxy groups -OCH3 is 1. The molecular formula is C12H14F3NO2. The lowest BCUT2D eigenvalue weighted by Gasteiger charge is -2.12. The number of carbonyl (C=O) groups excluding carboxylic acids is 1. The number of halogens is 3. The number of rotatable bonds is 5. The van der Waals surface area contributed by atoms with Crippen LogP contribution in [0.2, 0.25) is 0 Å². The Labute approximate surface area is 103 Å². The van der Waals surface area contributed by atoms with Crippen LogP contribution in [0, 0.1) is 0 Å². The van der Waals surface area contributed by atoms with Crippen molar-refractivity contribution in [3.63, 3.8) is 0 Å². The predicted molar refractivity (Wildman–Crippen MR) is 60.0 cm³/mol. The van der Waals surface area contributed by atoms with Crippen LogP contribution in [0.5, 0.6) is 0 Å². The fourth-order valence-corrected chi connectivity index (χ4v) is 1.48. The van der Waals surface area contributed by atoms with E-state index >= 15 is 0 Å². The van der Waals surface area contributed by atoms with Crippen molar-refractivity contribution in [2.45, 2.75) is 12.6 Å². The van der Waals surface area contributed by atoms with E-state index in [0.717, 1.165) is 6.07 Å². The number of carbonyl (C=O) groups is 1. The largest absolute Gasteiger partial charge is 0.416 e. The van der Waals surface area contributed by atoms with Gasteiger partial charge in [-0.15, -0.1) is 0 Å². The van der Waals surface area contributed by atoms with E-state index in [2.05, 4.69) is 5.32 Å². The zero-order valence-corrected chi connectivity index (χ0v) is 9.88. The molecule has 0 aliphatic heterocycles. The Morgan fingerprint density at radius 3 is 2.61 bits per heavy atom. The normalized spacial score (nSPS) is 11.3. The van der Waals surface area contributed by atoms with Gasteiger partial charge in [0.05, 0.1) is 18.6 Å². The van der Waals surface area contributed by atoms with E-state index in [1.54, 1.807) is 0 Å². The van der Waals surface area contributed by atoms with E-state index in [0.29, 0.717) is 6.61 Å². The van der Waals surface area contributed by atoms with Crippen LogP contribution < -0.4 is 5.32 Å². The first-order valence-electron chi connectivity index (χ1n) is 5.36. The molecule has 0 atom stereocenters. The van der Waals surface area contributed by atoms with Crippen LogP contribution in [0.15, 0.2) is 24.3 Å². The molecule has 0 fully saturated rings. The number of alkyl halides is 3. The zero-order chi connectivity index (χ0) is 13.6. The minimum atomic E-state index is -4.44. The summed E-state index contributed by atoms with van der Waals surface area (Å²) in [7, 11) is 1.48. The Hall–Kier alpha value is -1.56. The Morgan fingerprint density at radius 1 is 1.33 bits per heavy atom. The van der Waals surface area contributed by atoms with Crippen LogP contribution in [0.3, 0.4) is 0 Å². The monoisotopic (exact) mass is 261 g/mol. The average molecular weight is 261 g/mol. The summed E-state index contributed by atoms with van der Waals surface area (Å²) < 4.78 is 42.7. The Balaban J connectivity index is 2.70. The highest BCUT2D eigenvalue weighted by Gasteiger charge is 2.33. The van der Waals surface area contributed by atoms with E-state index < -0.39 is 17.6 Å². The van der Waals surface area contributed by atoms with Gasteiger partial charge in [-0.3, -0.25) is 4.79 Å². The van der Waals surface area contributed by atoms with Crippen molar-refractivity contribution in [1.82, 2.24) is 5.32 Å². The zero-order valence-electron chi connectivity index (χ0n) is 9.88. The summed E-state index contributed by atoms with van der Waals surface area (Å²) >= 11 is 0. The fraction of sp³-hybridized carbons (Fsp3) is 0.417. The van der Waals surface area contributed by atoms with E-state index in [9.17, 15) is 18.0 Å². The highest BCUT2D eigenvalue weighted by molar-refractivity contribution is 5.78. The second-order valence-corrected chi connectivity index (χ2v) is 3.67. The molecule has 1 N–H and O–H groups in total. The molecule has 0 unspecified atom stereocenters. The fourth-order valence-electron chi connectivity index (χ4n) is 1.48. The molecule has 0 aliphatic rings. The standard InChI is InChI=1S/C12H14F3NO2/c1-18-7-6-16-11(17)8-9-4-2-3-5-10(9)12(13,14)15/h2-5H,6-8H2,1H3,(H,16,17). The van der Waals surface area contributed by atoms with Crippen LogP contribution in [0.1, 0.15) is 11.1 Å². The highest BCUT2D eigenvalue weighted by atomic mass is 19.4. The topological polar surface area (TPSA) is 38.3 Å². The second-order valence-electron chi connectivity index (χ2n) is 3.67. The molecule has 0 saturated heterocycles. The van der Waals surface area contributed by atoms with Gasteiger partial charge in [-0.25, -0.2) is 0 Å². The maximum absolute atomic E-state index is 12.7. The summed E-state index contributed by atoms with van der Waals surface area (Å²) in [6, 6.07) is 5.05. The van der Waals surface area contributed by atoms with Gasteiger partial charge < -0.3 is 10.1 Å². The maximum Gasteiger partial charge on any atom is 0.416 e. The van der Waals surface area contributed by atoms with Gasteiger partial charge in [-0.05, 0) is 11.6 Å². The minimum Gasteiger partial charge on any atom is -0.383 e. The lowest BCUT2D eigenvalue weighted by molar-refractivity contribution is -0.138. The molecule has 0 saturated carbocycles. The Morgan fingerprint density at radius 2 is 2.00 bits per heavy atom. The summed E-state index contributed by atoms with van der Waals surface area (Å²) in [5, 5.41) is 2.48. The van der Waals surface area contributed by atoms with Crippen molar-refractivity contribution in [1.29, 1.82) is 0 Å². The van der Waals surface area contributed by atoms with Gasteiger partial charge >= 0.3 is 6.18 Å². The van der Waals surface area contributed by atoms with Gasteiger partial charge in [0, 0.05) is 13.7 Å². The van der Waals surface area contributed by atoms with Gasteiger partial charge in [-0.2, -0.15) is 13.2 Å². The summed E-state index contributed by atoms with van der Waals surface area (Å²) in [6.45, 7) is 0.607. The molecule has 1 rings (SSSR count). The molecule has 6 heteroatoms. The lowest BCUT2D eigenvalue weighted by atomic mass is 10.0. The van der Waals surface area contributed by atoms with Crippen molar-refractivity contribution < 1.29 is 22.7 Å². The molecule has 1 aromatic carbocycles. The van der Waals surface area contributed by atoms with Gasteiger partial charge in [0.15, 0.2) is 0 Å². The van der Waals surface area contributed by atoms with Gasteiger partial charge in [-0.1, -0.05) is 18.2 Å². The number of ether oxygens (including phenoxy) is 1. The van der Waals surface area contributed by atoms with Crippen molar-refractivity contribution in [3.8, 4) is 0 Å². The van der Waals surface area contributed by atoms with Crippen LogP contribution in [0.25, 0.3) is 0 Å². The van der Waals surface area contributed by atoms with Crippen LogP contribution >= 0.6 is 0 Å². The minimum absolute atomic E-state index is 0.0279. The van der Waals surface area contributed by atoms with E-state index in [1.165, 1.54) is 25.3 Å². The summed E-state index contributed by atoms with van der Waals surface area (Å²) in [5.41, 5.74) is -0.799. The highest BCUT2D eigenvalue weighted by Crippen LogP contribution is 2.31.